The smallest absolute Gasteiger partial charge is 0.369 e. The number of anilines is 1. The number of nitrogens with zero attached hydrogens (tertiary/aromatic N) is 2. The Morgan fingerprint density at radius 1 is 0.912 bits per heavy atom. The predicted molar refractivity (Wildman–Crippen MR) is 112 cm³/mol. The molecule has 1 atom stereocenters. The first-order chi connectivity index (χ1) is 15.7. The molecule has 1 heterocycles. The molecule has 34 heavy (non-hydrogen) atoms. The van der Waals surface area contributed by atoms with Crippen molar-refractivity contribution >= 4 is 15.7 Å². The molecule has 12 heteroatoms. The lowest BCUT2D eigenvalue weighted by Gasteiger charge is -2.40. The molecular weight excluding hydrogens is 486 g/mol. The highest BCUT2D eigenvalue weighted by Gasteiger charge is 2.71. The van der Waals surface area contributed by atoms with E-state index in [0.29, 0.717) is 12.1 Å². The largest absolute Gasteiger partial charge is 0.430 e. The zero-order valence-corrected chi connectivity index (χ0v) is 18.5. The molecule has 0 bridgehead atoms. The highest BCUT2D eigenvalue weighted by molar-refractivity contribution is 7.89. The molecule has 0 aromatic heterocycles. The first-order valence-electron chi connectivity index (χ1n) is 9.94. The molecule has 2 aromatic rings. The summed E-state index contributed by atoms with van der Waals surface area (Å²) in [4.78, 5) is 1.69. The highest BCUT2D eigenvalue weighted by atomic mass is 32.2. The number of piperazine rings is 1. The average molecular weight is 506 g/mol. The Labute approximate surface area is 192 Å². The number of hydrogen-bond donors (Lipinski definition) is 1. The Balaban J connectivity index is 1.90. The van der Waals surface area contributed by atoms with Crippen LogP contribution in [0.15, 0.2) is 59.5 Å². The van der Waals surface area contributed by atoms with E-state index in [-0.39, 0.29) is 30.2 Å². The second-order valence-electron chi connectivity index (χ2n) is 7.53. The van der Waals surface area contributed by atoms with Gasteiger partial charge in [-0.05, 0) is 31.2 Å². The maximum Gasteiger partial charge on any atom is 0.430 e. The fourth-order valence-electron chi connectivity index (χ4n) is 3.70. The third-order valence-electron chi connectivity index (χ3n) is 5.47. The van der Waals surface area contributed by atoms with E-state index < -0.39 is 39.6 Å². The number of hydrogen-bond acceptors (Lipinski definition) is 4. The molecule has 0 amide bonds. The number of halogens is 6. The minimum Gasteiger partial charge on any atom is -0.369 e. The minimum absolute atomic E-state index is 0.0237. The van der Waals surface area contributed by atoms with Crippen molar-refractivity contribution in [1.82, 2.24) is 4.31 Å². The van der Waals surface area contributed by atoms with E-state index in [2.05, 4.69) is 11.8 Å². The van der Waals surface area contributed by atoms with Crippen molar-refractivity contribution in [3.63, 3.8) is 0 Å². The standard InChI is InChI=1S/C22H20F6N2O3S/c1-2-6-18-15-29(34(32,33)19-7-4-3-5-8-19)13-14-30(18)17-11-9-16(10-12-17)20(31,21(23,24)25)22(26,27)28/h3-5,7-12,18,31H,13-15H2,1H3/t18-/m0/s1. The zero-order chi connectivity index (χ0) is 25.4. The summed E-state index contributed by atoms with van der Waals surface area (Å²) >= 11 is 0. The lowest BCUT2D eigenvalue weighted by Crippen LogP contribution is -2.54. The number of sulfonamides is 1. The average Bonchev–Trinajstić information content (AvgIpc) is 2.78. The van der Waals surface area contributed by atoms with E-state index in [1.807, 2.05) is 0 Å². The molecule has 0 radical (unpaired) electrons. The van der Waals surface area contributed by atoms with Gasteiger partial charge in [-0.3, -0.25) is 0 Å². The van der Waals surface area contributed by atoms with E-state index in [0.717, 1.165) is 12.1 Å². The molecule has 3 rings (SSSR count). The molecule has 2 aromatic carbocycles. The number of benzene rings is 2. The van der Waals surface area contributed by atoms with E-state index in [9.17, 15) is 39.9 Å². The lowest BCUT2D eigenvalue weighted by atomic mass is 9.92. The van der Waals surface area contributed by atoms with Crippen LogP contribution in [0.5, 0.6) is 0 Å². The number of alkyl halides is 6. The van der Waals surface area contributed by atoms with Gasteiger partial charge in [0, 0.05) is 30.9 Å². The molecule has 1 fully saturated rings. The monoisotopic (exact) mass is 506 g/mol. The summed E-state index contributed by atoms with van der Waals surface area (Å²) in [5.41, 5.74) is -6.16. The van der Waals surface area contributed by atoms with Gasteiger partial charge in [0.05, 0.1) is 4.90 Å². The third kappa shape index (κ3) is 4.60. The van der Waals surface area contributed by atoms with Crippen molar-refractivity contribution in [1.29, 1.82) is 0 Å². The van der Waals surface area contributed by atoms with Crippen molar-refractivity contribution in [2.24, 2.45) is 0 Å². The van der Waals surface area contributed by atoms with Crippen LogP contribution in [0.25, 0.3) is 0 Å². The summed E-state index contributed by atoms with van der Waals surface area (Å²) in [5, 5.41) is 9.57. The Kier molecular flexibility index (Phi) is 6.94. The van der Waals surface area contributed by atoms with Gasteiger partial charge in [-0.2, -0.15) is 30.6 Å². The Morgan fingerprint density at radius 2 is 1.47 bits per heavy atom. The summed E-state index contributed by atoms with van der Waals surface area (Å²) in [5.74, 6) is 5.51. The topological polar surface area (TPSA) is 60.9 Å². The normalized spacial score (nSPS) is 18.4. The van der Waals surface area contributed by atoms with Gasteiger partial charge in [0.25, 0.3) is 5.60 Å². The maximum absolute atomic E-state index is 13.1. The molecule has 5 nitrogen and oxygen atoms in total. The Morgan fingerprint density at radius 3 is 1.97 bits per heavy atom. The quantitative estimate of drug-likeness (QED) is 0.505. The van der Waals surface area contributed by atoms with Crippen LogP contribution in [0.2, 0.25) is 0 Å². The summed E-state index contributed by atoms with van der Waals surface area (Å²) in [6.07, 6.45) is -12.0. The van der Waals surface area contributed by atoms with Crippen molar-refractivity contribution in [3.8, 4) is 11.8 Å². The lowest BCUT2D eigenvalue weighted by molar-refractivity contribution is -0.376. The Bertz CT molecular complexity index is 1160. The zero-order valence-electron chi connectivity index (χ0n) is 17.7. The summed E-state index contributed by atoms with van der Waals surface area (Å²) in [6.45, 7) is 1.58. The van der Waals surface area contributed by atoms with Gasteiger partial charge in [0.2, 0.25) is 10.0 Å². The van der Waals surface area contributed by atoms with Crippen LogP contribution in [0.4, 0.5) is 32.0 Å². The van der Waals surface area contributed by atoms with Gasteiger partial charge in [0.1, 0.15) is 6.04 Å². The molecule has 1 aliphatic heterocycles. The van der Waals surface area contributed by atoms with Gasteiger partial charge in [-0.25, -0.2) is 8.42 Å². The second-order valence-corrected chi connectivity index (χ2v) is 9.47. The van der Waals surface area contributed by atoms with E-state index in [1.54, 1.807) is 23.1 Å². The first-order valence-corrected chi connectivity index (χ1v) is 11.4. The van der Waals surface area contributed by atoms with Gasteiger partial charge in [0.15, 0.2) is 0 Å². The molecule has 0 spiro atoms. The molecule has 1 saturated heterocycles. The first kappa shape index (κ1) is 25.9. The maximum atomic E-state index is 13.1. The molecular formula is C22H20F6N2O3S. The van der Waals surface area contributed by atoms with Crippen LogP contribution >= 0.6 is 0 Å². The molecule has 184 valence electrons. The number of aliphatic hydroxyl groups is 1. The second kappa shape index (κ2) is 9.13. The molecule has 1 N–H and O–H groups in total. The van der Waals surface area contributed by atoms with Crippen molar-refractivity contribution in [3.05, 3.63) is 60.2 Å². The van der Waals surface area contributed by atoms with Gasteiger partial charge < -0.3 is 10.0 Å². The van der Waals surface area contributed by atoms with Crippen LogP contribution in [0.3, 0.4) is 0 Å². The van der Waals surface area contributed by atoms with Crippen molar-refractivity contribution in [2.45, 2.75) is 35.8 Å². The van der Waals surface area contributed by atoms with Gasteiger partial charge in [-0.1, -0.05) is 36.3 Å². The van der Waals surface area contributed by atoms with E-state index in [1.165, 1.54) is 23.4 Å². The van der Waals surface area contributed by atoms with Gasteiger partial charge in [-0.15, -0.1) is 5.92 Å². The Hall–Kier alpha value is -2.75. The predicted octanol–water partition coefficient (Wildman–Crippen LogP) is 3.90. The molecule has 0 unspecified atom stereocenters. The summed E-state index contributed by atoms with van der Waals surface area (Å²) in [7, 11) is -3.82. The van der Waals surface area contributed by atoms with Crippen molar-refractivity contribution in [2.75, 3.05) is 24.5 Å². The van der Waals surface area contributed by atoms with Gasteiger partial charge >= 0.3 is 12.4 Å². The molecule has 0 aliphatic carbocycles. The number of rotatable bonds is 4. The summed E-state index contributed by atoms with van der Waals surface area (Å²) < 4.78 is 106. The molecule has 1 aliphatic rings. The van der Waals surface area contributed by atoms with Crippen LogP contribution in [-0.4, -0.2) is 55.9 Å². The fourth-order valence-corrected chi connectivity index (χ4v) is 5.16. The fraction of sp³-hybridized carbons (Fsp3) is 0.364. The third-order valence-corrected chi connectivity index (χ3v) is 7.35. The van der Waals surface area contributed by atoms with Crippen molar-refractivity contribution < 1.29 is 39.9 Å². The highest BCUT2D eigenvalue weighted by Crippen LogP contribution is 2.50. The summed E-state index contributed by atoms with van der Waals surface area (Å²) in [6, 6.07) is 10.2. The minimum atomic E-state index is -5.99. The molecule has 0 saturated carbocycles. The van der Waals surface area contributed by atoms with Crippen LogP contribution in [-0.2, 0) is 15.6 Å². The van der Waals surface area contributed by atoms with Crippen LogP contribution in [0.1, 0.15) is 12.5 Å². The van der Waals surface area contributed by atoms with Crippen LogP contribution in [0, 0.1) is 11.8 Å². The SMILES string of the molecule is CC#C[C@H]1CN(S(=O)(=O)c2ccccc2)CCN1c1ccc(C(O)(C(F)(F)F)C(F)(F)F)cc1. The van der Waals surface area contributed by atoms with Crippen LogP contribution < -0.4 is 4.90 Å². The van der Waals surface area contributed by atoms with E-state index in [4.69, 9.17) is 0 Å². The van der Waals surface area contributed by atoms with E-state index >= 15 is 0 Å².